The van der Waals surface area contributed by atoms with Crippen LogP contribution in [-0.2, 0) is 4.79 Å². The first-order chi connectivity index (χ1) is 13.5. The number of H-pyrrole nitrogens is 1. The maximum atomic E-state index is 12.5. The molecule has 9 heteroatoms. The average Bonchev–Trinajstić information content (AvgIpc) is 3.16. The molecule has 3 aromatic rings. The highest BCUT2D eigenvalue weighted by Gasteiger charge is 2.19. The minimum Gasteiger partial charge on any atom is -0.497 e. The predicted molar refractivity (Wildman–Crippen MR) is 110 cm³/mol. The molecule has 1 amide bonds. The average molecular weight is 419 g/mol. The summed E-state index contributed by atoms with van der Waals surface area (Å²) < 4.78 is 10.4. The van der Waals surface area contributed by atoms with Gasteiger partial charge in [-0.1, -0.05) is 23.4 Å². The highest BCUT2D eigenvalue weighted by molar-refractivity contribution is 8.00. The second kappa shape index (κ2) is 8.99. The highest BCUT2D eigenvalue weighted by atomic mass is 35.5. The van der Waals surface area contributed by atoms with Crippen molar-refractivity contribution in [1.29, 1.82) is 0 Å². The van der Waals surface area contributed by atoms with Crippen LogP contribution >= 0.6 is 23.4 Å². The number of thioether (sulfide) groups is 1. The van der Waals surface area contributed by atoms with Crippen molar-refractivity contribution in [3.05, 3.63) is 47.5 Å². The second-order valence-corrected chi connectivity index (χ2v) is 7.53. The zero-order valence-corrected chi connectivity index (χ0v) is 17.1. The van der Waals surface area contributed by atoms with Crippen molar-refractivity contribution in [3.8, 4) is 22.9 Å². The minimum absolute atomic E-state index is 0.207. The van der Waals surface area contributed by atoms with Crippen molar-refractivity contribution in [2.75, 3.05) is 19.5 Å². The molecule has 2 aromatic carbocycles. The summed E-state index contributed by atoms with van der Waals surface area (Å²) >= 11 is 7.25. The van der Waals surface area contributed by atoms with Crippen LogP contribution in [0.3, 0.4) is 0 Å². The van der Waals surface area contributed by atoms with E-state index in [1.165, 1.54) is 18.9 Å². The van der Waals surface area contributed by atoms with Crippen LogP contribution in [0, 0.1) is 0 Å². The lowest BCUT2D eigenvalue weighted by atomic mass is 10.2. The number of benzene rings is 2. The fraction of sp³-hybridized carbons (Fsp3) is 0.211. The molecule has 0 aliphatic carbocycles. The van der Waals surface area contributed by atoms with E-state index in [1.54, 1.807) is 32.2 Å². The van der Waals surface area contributed by atoms with E-state index < -0.39 is 5.25 Å². The lowest BCUT2D eigenvalue weighted by molar-refractivity contribution is -0.115. The number of hydrogen-bond donors (Lipinski definition) is 2. The summed E-state index contributed by atoms with van der Waals surface area (Å²) in [6.07, 6.45) is 0. The van der Waals surface area contributed by atoms with Gasteiger partial charge in [0.25, 0.3) is 0 Å². The van der Waals surface area contributed by atoms with Gasteiger partial charge in [0.15, 0.2) is 5.82 Å². The molecule has 146 valence electrons. The van der Waals surface area contributed by atoms with E-state index in [2.05, 4.69) is 20.5 Å². The predicted octanol–water partition coefficient (Wildman–Crippen LogP) is 4.26. The number of aromatic nitrogens is 3. The first-order valence-corrected chi connectivity index (χ1v) is 9.64. The van der Waals surface area contributed by atoms with E-state index in [-0.39, 0.29) is 5.91 Å². The van der Waals surface area contributed by atoms with Gasteiger partial charge in [0.05, 0.1) is 25.2 Å². The molecular weight excluding hydrogens is 400 g/mol. The number of carbonyl (C=O) groups excluding carboxylic acids is 1. The molecule has 0 bridgehead atoms. The maximum absolute atomic E-state index is 12.5. The van der Waals surface area contributed by atoms with E-state index in [0.717, 1.165) is 11.3 Å². The third-order valence-electron chi connectivity index (χ3n) is 3.90. The van der Waals surface area contributed by atoms with E-state index in [4.69, 9.17) is 21.1 Å². The standard InChI is InChI=1S/C19H19ClN4O3S/c1-11(18(25)21-15-10-13(20)6-9-16(15)27-3)28-19-22-17(23-24-19)12-4-7-14(26-2)8-5-12/h4-11H,1-3H3,(H,21,25)(H,22,23,24). The largest absolute Gasteiger partial charge is 0.497 e. The number of aromatic amines is 1. The lowest BCUT2D eigenvalue weighted by Crippen LogP contribution is -2.22. The third-order valence-corrected chi connectivity index (χ3v) is 5.10. The fourth-order valence-electron chi connectivity index (χ4n) is 2.40. The van der Waals surface area contributed by atoms with Crippen LogP contribution < -0.4 is 14.8 Å². The number of amides is 1. The summed E-state index contributed by atoms with van der Waals surface area (Å²) in [7, 11) is 3.15. The lowest BCUT2D eigenvalue weighted by Gasteiger charge is -2.13. The summed E-state index contributed by atoms with van der Waals surface area (Å²) in [6, 6.07) is 12.5. The SMILES string of the molecule is COc1ccc(-c2nc(SC(C)C(=O)Nc3cc(Cl)ccc3OC)n[nH]2)cc1. The number of carbonyl (C=O) groups is 1. The number of halogens is 1. The molecule has 0 spiro atoms. The van der Waals surface area contributed by atoms with Gasteiger partial charge < -0.3 is 14.8 Å². The normalized spacial score (nSPS) is 11.7. The molecule has 28 heavy (non-hydrogen) atoms. The van der Waals surface area contributed by atoms with Crippen molar-refractivity contribution >= 4 is 35.0 Å². The summed E-state index contributed by atoms with van der Waals surface area (Å²) in [4.78, 5) is 17.0. The second-order valence-electron chi connectivity index (χ2n) is 5.79. The van der Waals surface area contributed by atoms with Gasteiger partial charge in [0.1, 0.15) is 11.5 Å². The van der Waals surface area contributed by atoms with Gasteiger partial charge in [-0.2, -0.15) is 0 Å². The third kappa shape index (κ3) is 4.76. The molecule has 2 N–H and O–H groups in total. The summed E-state index contributed by atoms with van der Waals surface area (Å²) in [6.45, 7) is 1.78. The van der Waals surface area contributed by atoms with Gasteiger partial charge in [-0.15, -0.1) is 5.10 Å². The number of anilines is 1. The topological polar surface area (TPSA) is 89.1 Å². The Morgan fingerprint density at radius 3 is 2.61 bits per heavy atom. The number of nitrogens with one attached hydrogen (secondary N) is 2. The molecular formula is C19H19ClN4O3S. The van der Waals surface area contributed by atoms with Crippen molar-refractivity contribution < 1.29 is 14.3 Å². The van der Waals surface area contributed by atoms with Crippen LogP contribution in [-0.4, -0.2) is 40.6 Å². The van der Waals surface area contributed by atoms with Crippen LogP contribution in [0.4, 0.5) is 5.69 Å². The molecule has 1 heterocycles. The zero-order chi connectivity index (χ0) is 20.1. The molecule has 1 atom stereocenters. The summed E-state index contributed by atoms with van der Waals surface area (Å²) in [5.74, 6) is 1.71. The molecule has 0 radical (unpaired) electrons. The van der Waals surface area contributed by atoms with Crippen LogP contribution in [0.1, 0.15) is 6.92 Å². The monoisotopic (exact) mass is 418 g/mol. The van der Waals surface area contributed by atoms with Crippen LogP contribution in [0.5, 0.6) is 11.5 Å². The summed E-state index contributed by atoms with van der Waals surface area (Å²) in [5.41, 5.74) is 1.39. The van der Waals surface area contributed by atoms with Gasteiger partial charge in [-0.3, -0.25) is 9.89 Å². The smallest absolute Gasteiger partial charge is 0.237 e. The number of nitrogens with zero attached hydrogens (tertiary/aromatic N) is 2. The van der Waals surface area contributed by atoms with Gasteiger partial charge in [-0.05, 0) is 49.4 Å². The molecule has 3 rings (SSSR count). The van der Waals surface area contributed by atoms with Gasteiger partial charge >= 0.3 is 0 Å². The molecule has 1 unspecified atom stereocenters. The van der Waals surface area contributed by atoms with Crippen molar-refractivity contribution in [2.45, 2.75) is 17.3 Å². The quantitative estimate of drug-likeness (QED) is 0.557. The van der Waals surface area contributed by atoms with Crippen LogP contribution in [0.25, 0.3) is 11.4 Å². The Kier molecular flexibility index (Phi) is 6.43. The van der Waals surface area contributed by atoms with Gasteiger partial charge in [0.2, 0.25) is 11.1 Å². The Morgan fingerprint density at radius 2 is 1.93 bits per heavy atom. The number of hydrogen-bond acceptors (Lipinski definition) is 6. The Morgan fingerprint density at radius 1 is 1.18 bits per heavy atom. The van der Waals surface area contributed by atoms with E-state index >= 15 is 0 Å². The Bertz CT molecular complexity index is 962. The van der Waals surface area contributed by atoms with Crippen molar-refractivity contribution in [1.82, 2.24) is 15.2 Å². The van der Waals surface area contributed by atoms with Gasteiger partial charge in [-0.25, -0.2) is 4.98 Å². The van der Waals surface area contributed by atoms with E-state index in [0.29, 0.717) is 27.4 Å². The minimum atomic E-state index is -0.428. The maximum Gasteiger partial charge on any atom is 0.237 e. The molecule has 0 saturated carbocycles. The van der Waals surface area contributed by atoms with E-state index in [9.17, 15) is 4.79 Å². The van der Waals surface area contributed by atoms with Gasteiger partial charge in [0, 0.05) is 10.6 Å². The highest BCUT2D eigenvalue weighted by Crippen LogP contribution is 2.29. The summed E-state index contributed by atoms with van der Waals surface area (Å²) in [5, 5.41) is 10.5. The molecule has 0 fully saturated rings. The van der Waals surface area contributed by atoms with Crippen molar-refractivity contribution in [3.63, 3.8) is 0 Å². The Hall–Kier alpha value is -2.71. The fourth-order valence-corrected chi connectivity index (χ4v) is 3.30. The first-order valence-electron chi connectivity index (χ1n) is 8.38. The molecule has 0 aliphatic heterocycles. The van der Waals surface area contributed by atoms with E-state index in [1.807, 2.05) is 24.3 Å². The van der Waals surface area contributed by atoms with Crippen LogP contribution in [0.2, 0.25) is 5.02 Å². The number of methoxy groups -OCH3 is 2. The molecule has 0 saturated heterocycles. The Balaban J connectivity index is 1.66. The molecule has 7 nitrogen and oxygen atoms in total. The van der Waals surface area contributed by atoms with Crippen LogP contribution in [0.15, 0.2) is 47.6 Å². The number of rotatable bonds is 7. The zero-order valence-electron chi connectivity index (χ0n) is 15.5. The van der Waals surface area contributed by atoms with Crippen molar-refractivity contribution in [2.24, 2.45) is 0 Å². The first kappa shape index (κ1) is 20.0. The Labute approximate surface area is 171 Å². The number of ether oxygens (including phenoxy) is 2. The molecule has 0 aliphatic rings. The molecule has 1 aromatic heterocycles.